The molecule has 1 heterocycles. The van der Waals surface area contributed by atoms with Crippen molar-refractivity contribution in [3.05, 3.63) is 93.1 Å². The first-order valence-electron chi connectivity index (χ1n) is 12.4. The Morgan fingerprint density at radius 3 is 2.42 bits per heavy atom. The van der Waals surface area contributed by atoms with E-state index in [-0.39, 0.29) is 18.4 Å². The van der Waals surface area contributed by atoms with E-state index in [0.717, 1.165) is 11.1 Å². The molecule has 40 heavy (non-hydrogen) atoms. The summed E-state index contributed by atoms with van der Waals surface area (Å²) in [6, 6.07) is 18.1. The van der Waals surface area contributed by atoms with Crippen molar-refractivity contribution in [2.24, 2.45) is 0 Å². The molecular weight excluding hydrogens is 557 g/mol. The van der Waals surface area contributed by atoms with E-state index in [2.05, 4.69) is 5.32 Å². The van der Waals surface area contributed by atoms with E-state index in [1.165, 1.54) is 13.2 Å². The number of amides is 1. The molecule has 0 radical (unpaired) electrons. The van der Waals surface area contributed by atoms with Gasteiger partial charge in [-0.05, 0) is 79.9 Å². The monoisotopic (exact) mass is 585 g/mol. The number of alkyl carbamates (subject to hydrolysis) is 1. The van der Waals surface area contributed by atoms with Crippen molar-refractivity contribution in [1.29, 1.82) is 0 Å². The molecule has 3 aromatic rings. The molecule has 1 aliphatic heterocycles. The molecule has 210 valence electrons. The van der Waals surface area contributed by atoms with Crippen molar-refractivity contribution in [3.8, 4) is 17.2 Å². The number of methoxy groups -OCH3 is 1. The Kier molecular flexibility index (Phi) is 9.12. The minimum absolute atomic E-state index is 0.0761. The molecular formula is C30H29Cl2NO7. The fourth-order valence-electron chi connectivity index (χ4n) is 3.75. The van der Waals surface area contributed by atoms with Crippen LogP contribution in [-0.2, 0) is 20.9 Å². The lowest BCUT2D eigenvalue weighted by atomic mass is 10.1. The van der Waals surface area contributed by atoms with Gasteiger partial charge in [-0.15, -0.1) is 0 Å². The van der Waals surface area contributed by atoms with Crippen molar-refractivity contribution in [2.45, 2.75) is 39.1 Å². The van der Waals surface area contributed by atoms with E-state index in [9.17, 15) is 9.59 Å². The summed E-state index contributed by atoms with van der Waals surface area (Å²) in [6.07, 6.45) is 0.384. The number of esters is 1. The van der Waals surface area contributed by atoms with Crippen LogP contribution in [0.3, 0.4) is 0 Å². The van der Waals surface area contributed by atoms with Gasteiger partial charge in [-0.25, -0.2) is 9.59 Å². The highest BCUT2D eigenvalue weighted by atomic mass is 35.5. The van der Waals surface area contributed by atoms with Crippen molar-refractivity contribution >= 4 is 41.3 Å². The predicted molar refractivity (Wildman–Crippen MR) is 152 cm³/mol. The summed E-state index contributed by atoms with van der Waals surface area (Å²) in [5, 5.41) is 3.42. The molecule has 10 heteroatoms. The standard InChI is InChI=1S/C30H29Cl2NO7/c1-30(2,3)40-29(35)33-24(28(34)36-4)14-18-6-12-25-26(15-18)38-17-27(39-25)20-7-9-21(10-8-20)37-16-19-5-11-22(31)23(32)13-19/h5-15,27H,16-17H2,1-4H3,(H,33,35)/b24-14+/t27-/m0/s1. The molecule has 1 N–H and O–H groups in total. The molecule has 0 bridgehead atoms. The van der Waals surface area contributed by atoms with Gasteiger partial charge < -0.3 is 23.7 Å². The fraction of sp³-hybridized carbons (Fsp3) is 0.267. The van der Waals surface area contributed by atoms with Crippen LogP contribution < -0.4 is 19.5 Å². The molecule has 0 aromatic heterocycles. The molecule has 0 spiro atoms. The van der Waals surface area contributed by atoms with E-state index < -0.39 is 17.7 Å². The molecule has 0 unspecified atom stereocenters. The second kappa shape index (κ2) is 12.5. The quantitative estimate of drug-likeness (QED) is 0.233. The highest BCUT2D eigenvalue weighted by molar-refractivity contribution is 6.42. The van der Waals surface area contributed by atoms with Crippen LogP contribution in [0.1, 0.15) is 43.6 Å². The summed E-state index contributed by atoms with van der Waals surface area (Å²) in [6.45, 7) is 5.82. The Hall–Kier alpha value is -3.88. The first kappa shape index (κ1) is 29.1. The lowest BCUT2D eigenvalue weighted by Gasteiger charge is -2.27. The van der Waals surface area contributed by atoms with Crippen molar-refractivity contribution in [2.75, 3.05) is 13.7 Å². The highest BCUT2D eigenvalue weighted by Crippen LogP contribution is 2.37. The zero-order chi connectivity index (χ0) is 28.9. The molecule has 0 saturated heterocycles. The van der Waals surface area contributed by atoms with Crippen LogP contribution in [0.4, 0.5) is 4.79 Å². The summed E-state index contributed by atoms with van der Waals surface area (Å²) >= 11 is 12.0. The summed E-state index contributed by atoms with van der Waals surface area (Å²) in [4.78, 5) is 24.4. The molecule has 3 aromatic carbocycles. The number of rotatable bonds is 7. The summed E-state index contributed by atoms with van der Waals surface area (Å²) < 4.78 is 28.0. The summed E-state index contributed by atoms with van der Waals surface area (Å²) in [5.41, 5.74) is 1.63. The molecule has 1 atom stereocenters. The lowest BCUT2D eigenvalue weighted by Crippen LogP contribution is -2.34. The number of benzene rings is 3. The maximum Gasteiger partial charge on any atom is 0.412 e. The number of hydrogen-bond donors (Lipinski definition) is 1. The van der Waals surface area contributed by atoms with Gasteiger partial charge in [0.2, 0.25) is 0 Å². The Labute approximate surface area is 242 Å². The molecule has 0 saturated carbocycles. The first-order valence-corrected chi connectivity index (χ1v) is 13.2. The van der Waals surface area contributed by atoms with Gasteiger partial charge in [0.15, 0.2) is 17.6 Å². The number of carbonyl (C=O) groups is 2. The fourth-order valence-corrected chi connectivity index (χ4v) is 4.07. The van der Waals surface area contributed by atoms with Gasteiger partial charge in [0.25, 0.3) is 0 Å². The third-order valence-corrected chi connectivity index (χ3v) is 6.36. The number of nitrogens with one attached hydrogen (secondary N) is 1. The second-order valence-corrected chi connectivity index (χ2v) is 10.7. The van der Waals surface area contributed by atoms with E-state index in [1.807, 2.05) is 30.3 Å². The first-order chi connectivity index (χ1) is 19.0. The zero-order valence-corrected chi connectivity index (χ0v) is 24.0. The van der Waals surface area contributed by atoms with Crippen LogP contribution in [0.25, 0.3) is 6.08 Å². The third-order valence-electron chi connectivity index (χ3n) is 5.62. The van der Waals surface area contributed by atoms with Gasteiger partial charge in [-0.2, -0.15) is 0 Å². The number of carbonyl (C=O) groups excluding carboxylic acids is 2. The Balaban J connectivity index is 1.40. The number of ether oxygens (including phenoxy) is 5. The van der Waals surface area contributed by atoms with Crippen LogP contribution in [0, 0.1) is 0 Å². The minimum Gasteiger partial charge on any atom is -0.489 e. The van der Waals surface area contributed by atoms with Crippen molar-refractivity contribution < 1.29 is 33.3 Å². The van der Waals surface area contributed by atoms with Crippen molar-refractivity contribution in [3.63, 3.8) is 0 Å². The largest absolute Gasteiger partial charge is 0.489 e. The highest BCUT2D eigenvalue weighted by Gasteiger charge is 2.24. The van der Waals surface area contributed by atoms with E-state index >= 15 is 0 Å². The zero-order valence-electron chi connectivity index (χ0n) is 22.5. The average Bonchev–Trinajstić information content (AvgIpc) is 2.92. The SMILES string of the molecule is COC(=O)/C(=C\c1ccc2c(c1)OC[C@@H](c1ccc(OCc3ccc(Cl)c(Cl)c3)cc1)O2)NC(=O)OC(C)(C)C. The van der Waals surface area contributed by atoms with Crippen LogP contribution in [0.2, 0.25) is 10.0 Å². The van der Waals surface area contributed by atoms with Gasteiger partial charge in [-0.3, -0.25) is 5.32 Å². The number of fused-ring (bicyclic) bond motifs is 1. The maximum absolute atomic E-state index is 12.2. The molecule has 8 nitrogen and oxygen atoms in total. The van der Waals surface area contributed by atoms with Crippen molar-refractivity contribution in [1.82, 2.24) is 5.32 Å². The minimum atomic E-state index is -0.768. The molecule has 4 rings (SSSR count). The molecule has 1 amide bonds. The van der Waals surface area contributed by atoms with Crippen LogP contribution >= 0.6 is 23.2 Å². The van der Waals surface area contributed by atoms with E-state index in [0.29, 0.717) is 39.5 Å². The number of hydrogen-bond acceptors (Lipinski definition) is 7. The molecule has 0 fully saturated rings. The van der Waals surface area contributed by atoms with Gasteiger partial charge >= 0.3 is 12.1 Å². The smallest absolute Gasteiger partial charge is 0.412 e. The average molecular weight is 586 g/mol. The normalized spacial score (nSPS) is 14.8. The summed E-state index contributed by atoms with van der Waals surface area (Å²) in [7, 11) is 1.23. The van der Waals surface area contributed by atoms with Crippen LogP contribution in [-0.4, -0.2) is 31.4 Å². The second-order valence-electron chi connectivity index (χ2n) is 9.91. The topological polar surface area (TPSA) is 92.3 Å². The summed E-state index contributed by atoms with van der Waals surface area (Å²) in [5.74, 6) is 1.04. The van der Waals surface area contributed by atoms with Gasteiger partial charge in [0, 0.05) is 0 Å². The van der Waals surface area contributed by atoms with Gasteiger partial charge in [0.1, 0.15) is 30.3 Å². The maximum atomic E-state index is 12.2. The third kappa shape index (κ3) is 7.83. The van der Waals surface area contributed by atoms with E-state index in [1.54, 1.807) is 51.1 Å². The Bertz CT molecular complexity index is 1410. The Morgan fingerprint density at radius 1 is 1.00 bits per heavy atom. The predicted octanol–water partition coefficient (Wildman–Crippen LogP) is 7.12. The van der Waals surface area contributed by atoms with E-state index in [4.69, 9.17) is 46.9 Å². The van der Waals surface area contributed by atoms with Crippen LogP contribution in [0.5, 0.6) is 17.2 Å². The van der Waals surface area contributed by atoms with Crippen LogP contribution in [0.15, 0.2) is 66.4 Å². The lowest BCUT2D eigenvalue weighted by molar-refractivity contribution is -0.136. The van der Waals surface area contributed by atoms with Gasteiger partial charge in [-0.1, -0.05) is 47.5 Å². The number of halogens is 2. The molecule has 1 aliphatic rings. The van der Waals surface area contributed by atoms with Gasteiger partial charge in [0.05, 0.1) is 17.2 Å². The Morgan fingerprint density at radius 2 is 1.75 bits per heavy atom. The molecule has 0 aliphatic carbocycles.